The predicted octanol–water partition coefficient (Wildman–Crippen LogP) is 3.50. The zero-order chi connectivity index (χ0) is 18.4. The number of aromatic hydroxyl groups is 1. The zero-order valence-electron chi connectivity index (χ0n) is 15.7. The standard InChI is InChI=1S/C21H31N3O2/c1-2-3-7-19-8-5-12-24(19)21(26)22-18-10-13-23(14-11-18)16-17-6-4-9-20(25)15-17/h4-6,8-9,15,18-19,25H,2-3,7,10-14,16H2,1H3,(H,22,26). The number of benzene rings is 1. The smallest absolute Gasteiger partial charge is 0.318 e. The Bertz CT molecular complexity index is 623. The van der Waals surface area contributed by atoms with E-state index in [-0.39, 0.29) is 18.1 Å². The van der Waals surface area contributed by atoms with Gasteiger partial charge in [0.05, 0.1) is 6.04 Å². The van der Waals surface area contributed by atoms with Gasteiger partial charge in [-0.05, 0) is 37.0 Å². The largest absolute Gasteiger partial charge is 0.508 e. The van der Waals surface area contributed by atoms with Crippen LogP contribution in [-0.2, 0) is 6.54 Å². The van der Waals surface area contributed by atoms with Crippen LogP contribution in [0.1, 0.15) is 44.6 Å². The van der Waals surface area contributed by atoms with E-state index in [4.69, 9.17) is 0 Å². The molecular weight excluding hydrogens is 326 g/mol. The monoisotopic (exact) mass is 357 g/mol. The normalized spacial score (nSPS) is 21.3. The van der Waals surface area contributed by atoms with Crippen LogP contribution in [0.4, 0.5) is 4.79 Å². The summed E-state index contributed by atoms with van der Waals surface area (Å²) in [6.45, 7) is 5.71. The number of piperidine rings is 1. The Hall–Kier alpha value is -2.01. The first-order valence-corrected chi connectivity index (χ1v) is 9.89. The highest BCUT2D eigenvalue weighted by molar-refractivity contribution is 5.76. The van der Waals surface area contributed by atoms with Crippen LogP contribution in [0.2, 0.25) is 0 Å². The Kier molecular flexibility index (Phi) is 6.56. The molecule has 26 heavy (non-hydrogen) atoms. The minimum atomic E-state index is 0.0857. The number of phenols is 1. The van der Waals surface area contributed by atoms with Gasteiger partial charge < -0.3 is 15.3 Å². The average Bonchev–Trinajstić information content (AvgIpc) is 3.10. The van der Waals surface area contributed by atoms with Crippen LogP contribution in [0.15, 0.2) is 36.4 Å². The van der Waals surface area contributed by atoms with Gasteiger partial charge in [-0.25, -0.2) is 4.79 Å². The third kappa shape index (κ3) is 5.01. The summed E-state index contributed by atoms with van der Waals surface area (Å²) in [5.41, 5.74) is 1.13. The van der Waals surface area contributed by atoms with Crippen molar-refractivity contribution in [2.24, 2.45) is 0 Å². The number of likely N-dealkylation sites (tertiary alicyclic amines) is 1. The SMILES string of the molecule is CCCCC1C=CCN1C(=O)NC1CCN(Cc2cccc(O)c2)CC1. The van der Waals surface area contributed by atoms with Crippen LogP contribution in [0, 0.1) is 0 Å². The van der Waals surface area contributed by atoms with Gasteiger partial charge in [0.25, 0.3) is 0 Å². The summed E-state index contributed by atoms with van der Waals surface area (Å²) in [5.74, 6) is 0.321. The number of carbonyl (C=O) groups is 1. The van der Waals surface area contributed by atoms with Gasteiger partial charge in [0.15, 0.2) is 0 Å². The van der Waals surface area contributed by atoms with Crippen molar-refractivity contribution in [2.75, 3.05) is 19.6 Å². The van der Waals surface area contributed by atoms with Crippen molar-refractivity contribution < 1.29 is 9.90 Å². The van der Waals surface area contributed by atoms with Gasteiger partial charge in [0.2, 0.25) is 0 Å². The molecule has 142 valence electrons. The van der Waals surface area contributed by atoms with E-state index in [1.165, 1.54) is 0 Å². The summed E-state index contributed by atoms with van der Waals surface area (Å²) in [4.78, 5) is 17.0. The molecule has 0 aliphatic carbocycles. The lowest BCUT2D eigenvalue weighted by atomic mass is 10.0. The maximum Gasteiger partial charge on any atom is 0.318 e. The number of nitrogens with one attached hydrogen (secondary N) is 1. The van der Waals surface area contributed by atoms with Gasteiger partial charge in [-0.2, -0.15) is 0 Å². The molecule has 2 N–H and O–H groups in total. The van der Waals surface area contributed by atoms with Gasteiger partial charge in [-0.15, -0.1) is 0 Å². The zero-order valence-corrected chi connectivity index (χ0v) is 15.7. The van der Waals surface area contributed by atoms with Crippen LogP contribution in [0.25, 0.3) is 0 Å². The van der Waals surface area contributed by atoms with Crippen molar-refractivity contribution >= 4 is 6.03 Å². The number of unbranched alkanes of at least 4 members (excludes halogenated alkanes) is 1. The molecule has 5 heteroatoms. The number of hydrogen-bond donors (Lipinski definition) is 2. The maximum absolute atomic E-state index is 12.6. The van der Waals surface area contributed by atoms with E-state index < -0.39 is 0 Å². The highest BCUT2D eigenvalue weighted by atomic mass is 16.3. The maximum atomic E-state index is 12.6. The van der Waals surface area contributed by atoms with Crippen LogP contribution >= 0.6 is 0 Å². The Labute approximate surface area is 156 Å². The van der Waals surface area contributed by atoms with Gasteiger partial charge in [-0.1, -0.05) is 44.1 Å². The second-order valence-corrected chi connectivity index (χ2v) is 7.46. The molecule has 0 spiro atoms. The van der Waals surface area contributed by atoms with Crippen LogP contribution in [-0.4, -0.2) is 52.7 Å². The summed E-state index contributed by atoms with van der Waals surface area (Å²) in [6, 6.07) is 8.07. The summed E-state index contributed by atoms with van der Waals surface area (Å²) in [7, 11) is 0. The molecule has 2 heterocycles. The molecule has 1 aromatic carbocycles. The first-order valence-electron chi connectivity index (χ1n) is 9.89. The third-order valence-corrected chi connectivity index (χ3v) is 5.41. The van der Waals surface area contributed by atoms with Gasteiger partial charge >= 0.3 is 6.03 Å². The minimum Gasteiger partial charge on any atom is -0.508 e. The number of amides is 2. The van der Waals surface area contributed by atoms with Crippen molar-refractivity contribution in [1.29, 1.82) is 0 Å². The molecule has 0 bridgehead atoms. The molecule has 5 nitrogen and oxygen atoms in total. The molecule has 1 fully saturated rings. The van der Waals surface area contributed by atoms with Gasteiger partial charge in [-0.3, -0.25) is 4.90 Å². The number of rotatable bonds is 6. The van der Waals surface area contributed by atoms with Crippen molar-refractivity contribution in [3.05, 3.63) is 42.0 Å². The van der Waals surface area contributed by atoms with Crippen LogP contribution in [0.3, 0.4) is 0 Å². The van der Waals surface area contributed by atoms with Crippen LogP contribution < -0.4 is 5.32 Å². The summed E-state index contributed by atoms with van der Waals surface area (Å²) < 4.78 is 0. The van der Waals surface area contributed by atoms with Crippen molar-refractivity contribution in [3.63, 3.8) is 0 Å². The Morgan fingerprint density at radius 2 is 2.12 bits per heavy atom. The second-order valence-electron chi connectivity index (χ2n) is 7.46. The number of phenolic OH excluding ortho intramolecular Hbond substituents is 1. The molecular formula is C21H31N3O2. The number of carbonyl (C=O) groups excluding carboxylic acids is 1. The fraction of sp³-hybridized carbons (Fsp3) is 0.571. The Morgan fingerprint density at radius 3 is 2.85 bits per heavy atom. The molecule has 0 aromatic heterocycles. The second kappa shape index (κ2) is 9.08. The summed E-state index contributed by atoms with van der Waals surface area (Å²) in [5, 5.41) is 12.8. The Balaban J connectivity index is 1.43. The van der Waals surface area contributed by atoms with Gasteiger partial charge in [0.1, 0.15) is 5.75 Å². The van der Waals surface area contributed by atoms with Crippen molar-refractivity contribution in [3.8, 4) is 5.75 Å². The first-order chi connectivity index (χ1) is 12.7. The molecule has 3 rings (SSSR count). The first kappa shape index (κ1) is 18.8. The van der Waals surface area contributed by atoms with E-state index in [9.17, 15) is 9.90 Å². The fourth-order valence-corrected chi connectivity index (χ4v) is 3.88. The predicted molar refractivity (Wildman–Crippen MR) is 104 cm³/mol. The lowest BCUT2D eigenvalue weighted by Crippen LogP contribution is -2.50. The summed E-state index contributed by atoms with van der Waals surface area (Å²) in [6.07, 6.45) is 9.62. The number of urea groups is 1. The highest BCUT2D eigenvalue weighted by Gasteiger charge is 2.27. The third-order valence-electron chi connectivity index (χ3n) is 5.41. The molecule has 0 radical (unpaired) electrons. The average molecular weight is 357 g/mol. The van der Waals surface area contributed by atoms with E-state index in [1.807, 2.05) is 23.1 Å². The lowest BCUT2D eigenvalue weighted by Gasteiger charge is -2.34. The quantitative estimate of drug-likeness (QED) is 0.766. The lowest BCUT2D eigenvalue weighted by molar-refractivity contribution is 0.166. The molecule has 1 unspecified atom stereocenters. The van der Waals surface area contributed by atoms with E-state index in [0.717, 1.165) is 63.8 Å². The number of hydrogen-bond acceptors (Lipinski definition) is 3. The molecule has 1 aromatic rings. The molecule has 2 amide bonds. The van der Waals surface area contributed by atoms with Crippen molar-refractivity contribution in [1.82, 2.24) is 15.1 Å². The van der Waals surface area contributed by atoms with Crippen molar-refractivity contribution in [2.45, 2.75) is 57.7 Å². The van der Waals surface area contributed by atoms with E-state index in [1.54, 1.807) is 6.07 Å². The van der Waals surface area contributed by atoms with Gasteiger partial charge in [0, 0.05) is 32.2 Å². The molecule has 2 aliphatic rings. The van der Waals surface area contributed by atoms with E-state index >= 15 is 0 Å². The summed E-state index contributed by atoms with van der Waals surface area (Å²) >= 11 is 0. The minimum absolute atomic E-state index is 0.0857. The highest BCUT2D eigenvalue weighted by Crippen LogP contribution is 2.19. The van der Waals surface area contributed by atoms with E-state index in [2.05, 4.69) is 29.3 Å². The topological polar surface area (TPSA) is 55.8 Å². The molecule has 2 aliphatic heterocycles. The molecule has 0 saturated carbocycles. The Morgan fingerprint density at radius 1 is 1.31 bits per heavy atom. The number of nitrogens with zero attached hydrogens (tertiary/aromatic N) is 2. The van der Waals surface area contributed by atoms with E-state index in [0.29, 0.717) is 5.75 Å². The van der Waals surface area contributed by atoms with Crippen LogP contribution in [0.5, 0.6) is 5.75 Å². The fourth-order valence-electron chi connectivity index (χ4n) is 3.88. The molecule has 1 atom stereocenters. The molecule has 1 saturated heterocycles.